The number of halogens is 1. The van der Waals surface area contributed by atoms with E-state index in [-0.39, 0.29) is 11.0 Å². The third-order valence-electron chi connectivity index (χ3n) is 3.32. The van der Waals surface area contributed by atoms with Crippen molar-refractivity contribution in [2.24, 2.45) is 5.14 Å². The standard InChI is InChI=1S/C17H21BrN2O4S/c1-11(2)24-17-15(18)8-12(9-16(17)23-3)10-20-13-4-6-14(7-5-13)25(19,21)22/h4-9,11,20H,10H2,1-3H3,(H2,19,21,22). The highest BCUT2D eigenvalue weighted by molar-refractivity contribution is 9.10. The van der Waals surface area contributed by atoms with Crippen molar-refractivity contribution in [3.63, 3.8) is 0 Å². The molecule has 0 aliphatic carbocycles. The summed E-state index contributed by atoms with van der Waals surface area (Å²) >= 11 is 3.51. The Morgan fingerprint density at radius 1 is 1.20 bits per heavy atom. The molecule has 136 valence electrons. The Hall–Kier alpha value is -1.77. The Morgan fingerprint density at radius 2 is 1.84 bits per heavy atom. The normalized spacial score (nSPS) is 11.4. The number of nitrogens with one attached hydrogen (secondary N) is 1. The summed E-state index contributed by atoms with van der Waals surface area (Å²) in [6.45, 7) is 4.44. The number of sulfonamides is 1. The molecule has 0 fully saturated rings. The van der Waals surface area contributed by atoms with Crippen LogP contribution in [0.4, 0.5) is 5.69 Å². The van der Waals surface area contributed by atoms with E-state index < -0.39 is 10.0 Å². The summed E-state index contributed by atoms with van der Waals surface area (Å²) in [7, 11) is -2.09. The van der Waals surface area contributed by atoms with Crippen molar-refractivity contribution in [2.75, 3.05) is 12.4 Å². The minimum atomic E-state index is -3.68. The van der Waals surface area contributed by atoms with E-state index in [1.165, 1.54) is 12.1 Å². The van der Waals surface area contributed by atoms with E-state index >= 15 is 0 Å². The van der Waals surface area contributed by atoms with Gasteiger partial charge in [-0.1, -0.05) is 0 Å². The molecule has 0 saturated carbocycles. The molecule has 8 heteroatoms. The second kappa shape index (κ2) is 8.07. The average Bonchev–Trinajstić information content (AvgIpc) is 2.54. The summed E-state index contributed by atoms with van der Waals surface area (Å²) in [6, 6.07) is 10.1. The van der Waals surface area contributed by atoms with Crippen LogP contribution in [0.25, 0.3) is 0 Å². The highest BCUT2D eigenvalue weighted by atomic mass is 79.9. The molecule has 0 saturated heterocycles. The van der Waals surface area contributed by atoms with Gasteiger partial charge in [0.05, 0.1) is 22.6 Å². The van der Waals surface area contributed by atoms with Crippen LogP contribution in [0.15, 0.2) is 45.8 Å². The van der Waals surface area contributed by atoms with E-state index in [0.29, 0.717) is 18.0 Å². The van der Waals surface area contributed by atoms with Crippen molar-refractivity contribution >= 4 is 31.6 Å². The first-order valence-electron chi connectivity index (χ1n) is 7.60. The van der Waals surface area contributed by atoms with E-state index in [1.807, 2.05) is 26.0 Å². The number of methoxy groups -OCH3 is 1. The third kappa shape index (κ3) is 5.35. The molecule has 2 aromatic carbocycles. The molecule has 0 heterocycles. The van der Waals surface area contributed by atoms with Gasteiger partial charge in [-0.2, -0.15) is 0 Å². The van der Waals surface area contributed by atoms with E-state index in [0.717, 1.165) is 15.7 Å². The summed E-state index contributed by atoms with van der Waals surface area (Å²) in [5, 5.41) is 8.32. The lowest BCUT2D eigenvalue weighted by Crippen LogP contribution is -2.12. The number of benzene rings is 2. The van der Waals surface area contributed by atoms with Gasteiger partial charge in [-0.3, -0.25) is 0 Å². The molecule has 0 aliphatic heterocycles. The van der Waals surface area contributed by atoms with Gasteiger partial charge in [-0.15, -0.1) is 0 Å². The first-order valence-corrected chi connectivity index (χ1v) is 9.94. The summed E-state index contributed by atoms with van der Waals surface area (Å²) < 4.78 is 34.5. The smallest absolute Gasteiger partial charge is 0.238 e. The lowest BCUT2D eigenvalue weighted by atomic mass is 10.2. The van der Waals surface area contributed by atoms with Crippen LogP contribution in [0.5, 0.6) is 11.5 Å². The van der Waals surface area contributed by atoms with Crippen molar-refractivity contribution in [3.8, 4) is 11.5 Å². The summed E-state index contributed by atoms with van der Waals surface area (Å²) in [5.74, 6) is 1.31. The molecule has 25 heavy (non-hydrogen) atoms. The van der Waals surface area contributed by atoms with Gasteiger partial charge in [-0.25, -0.2) is 13.6 Å². The zero-order chi connectivity index (χ0) is 18.6. The van der Waals surface area contributed by atoms with E-state index in [1.54, 1.807) is 19.2 Å². The maximum Gasteiger partial charge on any atom is 0.238 e. The van der Waals surface area contributed by atoms with Crippen molar-refractivity contribution in [2.45, 2.75) is 31.4 Å². The number of hydrogen-bond acceptors (Lipinski definition) is 5. The van der Waals surface area contributed by atoms with Gasteiger partial charge in [0.2, 0.25) is 10.0 Å². The lowest BCUT2D eigenvalue weighted by Gasteiger charge is -2.17. The van der Waals surface area contributed by atoms with Gasteiger partial charge < -0.3 is 14.8 Å². The molecule has 6 nitrogen and oxygen atoms in total. The largest absolute Gasteiger partial charge is 0.493 e. The lowest BCUT2D eigenvalue weighted by molar-refractivity contribution is 0.228. The molecule has 0 atom stereocenters. The number of primary sulfonamides is 1. The second-order valence-corrected chi connectivity index (χ2v) is 8.11. The van der Waals surface area contributed by atoms with Gasteiger partial charge in [-0.05, 0) is 71.7 Å². The van der Waals surface area contributed by atoms with Crippen LogP contribution < -0.4 is 19.9 Å². The van der Waals surface area contributed by atoms with Crippen molar-refractivity contribution in [3.05, 3.63) is 46.4 Å². The predicted octanol–water partition coefficient (Wildman–Crippen LogP) is 3.50. The number of nitrogens with two attached hydrogens (primary N) is 1. The molecule has 2 rings (SSSR count). The van der Waals surface area contributed by atoms with Crippen LogP contribution >= 0.6 is 15.9 Å². The highest BCUT2D eigenvalue weighted by Gasteiger charge is 2.13. The van der Waals surface area contributed by atoms with Crippen LogP contribution in [0.3, 0.4) is 0 Å². The summed E-state index contributed by atoms with van der Waals surface area (Å²) in [6.07, 6.45) is 0.0338. The van der Waals surface area contributed by atoms with E-state index in [4.69, 9.17) is 14.6 Å². The Morgan fingerprint density at radius 3 is 2.36 bits per heavy atom. The quantitative estimate of drug-likeness (QED) is 0.703. The van der Waals surface area contributed by atoms with E-state index in [2.05, 4.69) is 21.2 Å². The highest BCUT2D eigenvalue weighted by Crippen LogP contribution is 2.37. The second-order valence-electron chi connectivity index (χ2n) is 5.70. The van der Waals surface area contributed by atoms with Crippen LogP contribution in [-0.4, -0.2) is 21.6 Å². The fraction of sp³-hybridized carbons (Fsp3) is 0.294. The molecule has 0 unspecified atom stereocenters. The molecule has 0 spiro atoms. The summed E-state index contributed by atoms with van der Waals surface area (Å²) in [4.78, 5) is 0.0812. The Kier molecular flexibility index (Phi) is 6.31. The predicted molar refractivity (Wildman–Crippen MR) is 102 cm³/mol. The zero-order valence-corrected chi connectivity index (χ0v) is 16.6. The SMILES string of the molecule is COc1cc(CNc2ccc(S(N)(=O)=O)cc2)cc(Br)c1OC(C)C. The van der Waals surface area contributed by atoms with Crippen LogP contribution in [-0.2, 0) is 16.6 Å². The fourth-order valence-electron chi connectivity index (χ4n) is 2.19. The Bertz CT molecular complexity index is 836. The summed E-state index contributed by atoms with van der Waals surface area (Å²) in [5.41, 5.74) is 1.76. The molecular formula is C17H21BrN2O4S. The monoisotopic (exact) mass is 428 g/mol. The maximum atomic E-state index is 11.3. The Labute approximate surface area is 156 Å². The van der Waals surface area contributed by atoms with E-state index in [9.17, 15) is 8.42 Å². The number of hydrogen-bond donors (Lipinski definition) is 2. The average molecular weight is 429 g/mol. The van der Waals surface area contributed by atoms with Gasteiger partial charge in [0.25, 0.3) is 0 Å². The number of ether oxygens (including phenoxy) is 2. The Balaban J connectivity index is 2.14. The van der Waals surface area contributed by atoms with Crippen molar-refractivity contribution in [1.82, 2.24) is 0 Å². The molecule has 0 aromatic heterocycles. The minimum Gasteiger partial charge on any atom is -0.493 e. The van der Waals surface area contributed by atoms with Gasteiger partial charge in [0.15, 0.2) is 11.5 Å². The van der Waals surface area contributed by atoms with Gasteiger partial charge in [0, 0.05) is 12.2 Å². The molecule has 2 aromatic rings. The molecule has 0 amide bonds. The first kappa shape index (κ1) is 19.6. The van der Waals surface area contributed by atoms with Crippen molar-refractivity contribution in [1.29, 1.82) is 0 Å². The minimum absolute atomic E-state index is 0.0338. The first-order chi connectivity index (χ1) is 11.7. The van der Waals surface area contributed by atoms with Crippen LogP contribution in [0.1, 0.15) is 19.4 Å². The maximum absolute atomic E-state index is 11.3. The molecule has 0 aliphatic rings. The van der Waals surface area contributed by atoms with Crippen LogP contribution in [0.2, 0.25) is 0 Å². The molecule has 3 N–H and O–H groups in total. The molecule has 0 radical (unpaired) electrons. The molecular weight excluding hydrogens is 408 g/mol. The fourth-order valence-corrected chi connectivity index (χ4v) is 3.29. The molecule has 0 bridgehead atoms. The number of anilines is 1. The third-order valence-corrected chi connectivity index (χ3v) is 4.84. The van der Waals surface area contributed by atoms with Crippen molar-refractivity contribution < 1.29 is 17.9 Å². The topological polar surface area (TPSA) is 90.6 Å². The van der Waals surface area contributed by atoms with Crippen LogP contribution in [0, 0.1) is 0 Å². The van der Waals surface area contributed by atoms with Gasteiger partial charge >= 0.3 is 0 Å². The number of rotatable bonds is 7. The zero-order valence-electron chi connectivity index (χ0n) is 14.2. The van der Waals surface area contributed by atoms with Gasteiger partial charge in [0.1, 0.15) is 0 Å².